The zero-order valence-electron chi connectivity index (χ0n) is 10.8. The van der Waals surface area contributed by atoms with Gasteiger partial charge in [-0.3, -0.25) is 4.79 Å². The van der Waals surface area contributed by atoms with Gasteiger partial charge in [0, 0.05) is 6.08 Å². The molecule has 0 aliphatic carbocycles. The van der Waals surface area contributed by atoms with E-state index < -0.39 is 5.91 Å². The molecule has 5 heteroatoms. The predicted octanol–water partition coefficient (Wildman–Crippen LogP) is 2.83. The summed E-state index contributed by atoms with van der Waals surface area (Å²) in [6.07, 6.45) is 2.85. The number of ether oxygens (including phenoxy) is 1. The second kappa shape index (κ2) is 6.25. The highest BCUT2D eigenvalue weighted by Gasteiger charge is 2.12. The number of hydrogen-bond donors (Lipinski definition) is 1. The van der Waals surface area contributed by atoms with Crippen molar-refractivity contribution >= 4 is 17.7 Å². The molecule has 100 valence electrons. The average Bonchev–Trinajstić information content (AvgIpc) is 2.98. The molecule has 0 saturated carbocycles. The van der Waals surface area contributed by atoms with E-state index in [1.165, 1.54) is 19.4 Å². The van der Waals surface area contributed by atoms with Gasteiger partial charge in [0.15, 0.2) is 0 Å². The number of para-hydroxylation sites is 2. The summed E-state index contributed by atoms with van der Waals surface area (Å²) in [6.45, 7) is 0. The molecular formula is C15H12N2O3. The molecule has 2 aromatic rings. The zero-order chi connectivity index (χ0) is 14.4. The third-order valence-electron chi connectivity index (χ3n) is 2.55. The van der Waals surface area contributed by atoms with Gasteiger partial charge >= 0.3 is 0 Å². The summed E-state index contributed by atoms with van der Waals surface area (Å²) in [6, 6.07) is 12.2. The maximum absolute atomic E-state index is 12.0. The molecule has 1 amide bonds. The van der Waals surface area contributed by atoms with Gasteiger partial charge < -0.3 is 14.5 Å². The SMILES string of the molecule is COc1ccccc1NC(=O)/C(C#N)=C\c1ccco1. The van der Waals surface area contributed by atoms with Crippen LogP contribution >= 0.6 is 0 Å². The highest BCUT2D eigenvalue weighted by atomic mass is 16.5. The Morgan fingerprint density at radius 3 is 2.80 bits per heavy atom. The quantitative estimate of drug-likeness (QED) is 0.683. The number of nitriles is 1. The van der Waals surface area contributed by atoms with Crippen LogP contribution in [0.3, 0.4) is 0 Å². The van der Waals surface area contributed by atoms with Gasteiger partial charge in [-0.25, -0.2) is 0 Å². The number of methoxy groups -OCH3 is 1. The van der Waals surface area contributed by atoms with E-state index >= 15 is 0 Å². The van der Waals surface area contributed by atoms with Gasteiger partial charge in [-0.05, 0) is 24.3 Å². The maximum Gasteiger partial charge on any atom is 0.266 e. The Morgan fingerprint density at radius 2 is 2.15 bits per heavy atom. The number of furan rings is 1. The predicted molar refractivity (Wildman–Crippen MR) is 73.9 cm³/mol. The zero-order valence-corrected chi connectivity index (χ0v) is 10.8. The Balaban J connectivity index is 2.21. The molecule has 0 atom stereocenters. The Labute approximate surface area is 116 Å². The monoisotopic (exact) mass is 268 g/mol. The standard InChI is InChI=1S/C15H12N2O3/c1-19-14-7-3-2-6-13(14)17-15(18)11(10-16)9-12-5-4-8-20-12/h2-9H,1H3,(H,17,18)/b11-9-. The summed E-state index contributed by atoms with van der Waals surface area (Å²) in [5.41, 5.74) is 0.450. The van der Waals surface area contributed by atoms with Crippen LogP contribution in [-0.4, -0.2) is 13.0 Å². The van der Waals surface area contributed by atoms with Gasteiger partial charge in [0.1, 0.15) is 23.2 Å². The Kier molecular flexibility index (Phi) is 4.20. The number of benzene rings is 1. The molecule has 20 heavy (non-hydrogen) atoms. The highest BCUT2D eigenvalue weighted by Crippen LogP contribution is 2.23. The molecule has 0 fully saturated rings. The van der Waals surface area contributed by atoms with E-state index in [9.17, 15) is 4.79 Å². The highest BCUT2D eigenvalue weighted by molar-refractivity contribution is 6.10. The lowest BCUT2D eigenvalue weighted by Crippen LogP contribution is -2.14. The summed E-state index contributed by atoms with van der Waals surface area (Å²) in [5, 5.41) is 11.7. The lowest BCUT2D eigenvalue weighted by Gasteiger charge is -2.08. The molecule has 0 bridgehead atoms. The van der Waals surface area contributed by atoms with Crippen LogP contribution in [-0.2, 0) is 4.79 Å². The molecule has 1 heterocycles. The minimum Gasteiger partial charge on any atom is -0.495 e. The fraction of sp³-hybridized carbons (Fsp3) is 0.0667. The van der Waals surface area contributed by atoms with E-state index in [1.54, 1.807) is 36.4 Å². The first-order valence-corrected chi connectivity index (χ1v) is 5.84. The van der Waals surface area contributed by atoms with Gasteiger partial charge in [0.2, 0.25) is 0 Å². The first kappa shape index (κ1) is 13.4. The van der Waals surface area contributed by atoms with Gasteiger partial charge in [-0.2, -0.15) is 5.26 Å². The number of hydrogen-bond acceptors (Lipinski definition) is 4. The van der Waals surface area contributed by atoms with Crippen molar-refractivity contribution < 1.29 is 13.9 Å². The van der Waals surface area contributed by atoms with Crippen molar-refractivity contribution in [2.24, 2.45) is 0 Å². The molecule has 0 saturated heterocycles. The number of amides is 1. The minimum absolute atomic E-state index is 0.0501. The summed E-state index contributed by atoms with van der Waals surface area (Å²) < 4.78 is 10.2. The molecule has 0 aliphatic rings. The van der Waals surface area contributed by atoms with E-state index in [0.717, 1.165) is 0 Å². The molecule has 0 aliphatic heterocycles. The topological polar surface area (TPSA) is 75.3 Å². The second-order valence-corrected chi connectivity index (χ2v) is 3.84. The van der Waals surface area contributed by atoms with E-state index in [2.05, 4.69) is 5.32 Å². The third-order valence-corrected chi connectivity index (χ3v) is 2.55. The van der Waals surface area contributed by atoms with Gasteiger partial charge in [0.05, 0.1) is 19.1 Å². The van der Waals surface area contributed by atoms with Crippen LogP contribution in [0.2, 0.25) is 0 Å². The number of rotatable bonds is 4. The minimum atomic E-state index is -0.520. The van der Waals surface area contributed by atoms with Crippen molar-refractivity contribution in [3.05, 3.63) is 54.0 Å². The summed E-state index contributed by atoms with van der Waals surface area (Å²) >= 11 is 0. The maximum atomic E-state index is 12.0. The largest absolute Gasteiger partial charge is 0.495 e. The summed E-state index contributed by atoms with van der Waals surface area (Å²) in [4.78, 5) is 12.0. The Hall–Kier alpha value is -3.00. The second-order valence-electron chi connectivity index (χ2n) is 3.84. The van der Waals surface area contributed by atoms with Crippen LogP contribution in [0.1, 0.15) is 5.76 Å². The van der Waals surface area contributed by atoms with Crippen molar-refractivity contribution in [2.75, 3.05) is 12.4 Å². The Morgan fingerprint density at radius 1 is 1.35 bits per heavy atom. The number of carbonyl (C=O) groups excluding carboxylic acids is 1. The molecule has 2 rings (SSSR count). The average molecular weight is 268 g/mol. The van der Waals surface area contributed by atoms with E-state index in [4.69, 9.17) is 14.4 Å². The van der Waals surface area contributed by atoms with Crippen molar-refractivity contribution in [3.8, 4) is 11.8 Å². The van der Waals surface area contributed by atoms with E-state index in [0.29, 0.717) is 17.2 Å². The molecule has 1 aromatic carbocycles. The van der Waals surface area contributed by atoms with Crippen LogP contribution < -0.4 is 10.1 Å². The van der Waals surface area contributed by atoms with E-state index in [-0.39, 0.29) is 5.57 Å². The van der Waals surface area contributed by atoms with Crippen LogP contribution in [0.5, 0.6) is 5.75 Å². The summed E-state index contributed by atoms with van der Waals surface area (Å²) in [5.74, 6) is 0.446. The molecule has 0 radical (unpaired) electrons. The number of nitrogens with one attached hydrogen (secondary N) is 1. The van der Waals surface area contributed by atoms with Crippen molar-refractivity contribution in [1.29, 1.82) is 5.26 Å². The van der Waals surface area contributed by atoms with Crippen molar-refractivity contribution in [3.63, 3.8) is 0 Å². The first-order valence-electron chi connectivity index (χ1n) is 5.84. The molecule has 0 unspecified atom stereocenters. The number of anilines is 1. The fourth-order valence-electron chi connectivity index (χ4n) is 1.60. The van der Waals surface area contributed by atoms with Crippen molar-refractivity contribution in [1.82, 2.24) is 0 Å². The smallest absolute Gasteiger partial charge is 0.266 e. The van der Waals surface area contributed by atoms with Crippen LogP contribution in [0, 0.1) is 11.3 Å². The molecule has 5 nitrogen and oxygen atoms in total. The fourth-order valence-corrected chi connectivity index (χ4v) is 1.60. The van der Waals surface area contributed by atoms with Crippen LogP contribution in [0.25, 0.3) is 6.08 Å². The van der Waals surface area contributed by atoms with Crippen molar-refractivity contribution in [2.45, 2.75) is 0 Å². The Bertz CT molecular complexity index is 667. The molecule has 0 spiro atoms. The first-order chi connectivity index (χ1) is 9.74. The summed E-state index contributed by atoms with van der Waals surface area (Å²) in [7, 11) is 1.51. The molecule has 1 N–H and O–H groups in total. The lowest BCUT2D eigenvalue weighted by molar-refractivity contribution is -0.112. The van der Waals surface area contributed by atoms with Gasteiger partial charge in [-0.15, -0.1) is 0 Å². The number of nitrogens with zero attached hydrogens (tertiary/aromatic N) is 1. The lowest BCUT2D eigenvalue weighted by atomic mass is 10.2. The normalized spacial score (nSPS) is 10.7. The molecule has 1 aromatic heterocycles. The molecular weight excluding hydrogens is 256 g/mol. The van der Waals surface area contributed by atoms with Crippen LogP contribution in [0.4, 0.5) is 5.69 Å². The van der Waals surface area contributed by atoms with E-state index in [1.807, 2.05) is 6.07 Å². The third kappa shape index (κ3) is 3.06. The number of carbonyl (C=O) groups is 1. The van der Waals surface area contributed by atoms with Gasteiger partial charge in [0.25, 0.3) is 5.91 Å². The van der Waals surface area contributed by atoms with Crippen LogP contribution in [0.15, 0.2) is 52.7 Å². The van der Waals surface area contributed by atoms with Gasteiger partial charge in [-0.1, -0.05) is 12.1 Å².